The fourth-order valence-electron chi connectivity index (χ4n) is 2.48. The monoisotopic (exact) mass is 291 g/mol. The quantitative estimate of drug-likeness (QED) is 0.814. The first-order chi connectivity index (χ1) is 9.67. The van der Waals surface area contributed by atoms with E-state index in [1.807, 2.05) is 0 Å². The molecule has 0 saturated heterocycles. The number of rotatable bonds is 2. The van der Waals surface area contributed by atoms with Crippen LogP contribution in [0.2, 0.25) is 0 Å². The minimum atomic E-state index is -0.488. The molecule has 2 N–H and O–H groups in total. The third kappa shape index (κ3) is 1.64. The molecule has 2 aromatic heterocycles. The van der Waals surface area contributed by atoms with Crippen molar-refractivity contribution in [1.82, 2.24) is 19.7 Å². The molecule has 0 aromatic carbocycles. The molecular formula is C12H13N5O2S. The average Bonchev–Trinajstić information content (AvgIpc) is 3.05. The van der Waals surface area contributed by atoms with Crippen LogP contribution in [0.4, 0.5) is 0 Å². The highest BCUT2D eigenvalue weighted by Gasteiger charge is 2.39. The van der Waals surface area contributed by atoms with Gasteiger partial charge in [0.2, 0.25) is 0 Å². The molecule has 1 fully saturated rings. The van der Waals surface area contributed by atoms with Gasteiger partial charge in [-0.2, -0.15) is 4.98 Å². The van der Waals surface area contributed by atoms with Gasteiger partial charge in [-0.3, -0.25) is 9.36 Å². The maximum absolute atomic E-state index is 12.4. The summed E-state index contributed by atoms with van der Waals surface area (Å²) in [5.74, 6) is 1.56. The molecule has 1 aliphatic heterocycles. The third-order valence-electron chi connectivity index (χ3n) is 3.90. The zero-order valence-electron chi connectivity index (χ0n) is 10.7. The van der Waals surface area contributed by atoms with E-state index in [0.29, 0.717) is 17.9 Å². The average molecular weight is 291 g/mol. The molecule has 104 valence electrons. The van der Waals surface area contributed by atoms with Crippen LogP contribution in [0.25, 0.3) is 11.5 Å². The normalized spacial score (nSPS) is 19.6. The van der Waals surface area contributed by atoms with E-state index in [2.05, 4.69) is 15.1 Å². The summed E-state index contributed by atoms with van der Waals surface area (Å²) < 4.78 is 6.86. The van der Waals surface area contributed by atoms with E-state index in [-0.39, 0.29) is 11.4 Å². The lowest BCUT2D eigenvalue weighted by molar-refractivity contribution is 0.229. The molecule has 0 amide bonds. The van der Waals surface area contributed by atoms with E-state index < -0.39 is 5.54 Å². The number of hydrogen-bond acceptors (Lipinski definition) is 7. The minimum absolute atomic E-state index is 0.130. The number of nitrogens with two attached hydrogens (primary N) is 1. The topological polar surface area (TPSA) is 99.8 Å². The summed E-state index contributed by atoms with van der Waals surface area (Å²) in [6.45, 7) is 0.668. The molecule has 1 aliphatic carbocycles. The van der Waals surface area contributed by atoms with Crippen molar-refractivity contribution in [2.24, 2.45) is 5.73 Å². The third-order valence-corrected chi connectivity index (χ3v) is 4.87. The predicted octanol–water partition coefficient (Wildman–Crippen LogP) is 0.737. The van der Waals surface area contributed by atoms with Gasteiger partial charge in [-0.05, 0) is 19.3 Å². The second-order valence-electron chi connectivity index (χ2n) is 5.19. The Balaban J connectivity index is 1.77. The summed E-state index contributed by atoms with van der Waals surface area (Å²) in [5, 5.41) is 4.67. The molecule has 0 radical (unpaired) electrons. The van der Waals surface area contributed by atoms with Crippen molar-refractivity contribution >= 4 is 11.8 Å². The molecule has 0 unspecified atom stereocenters. The van der Waals surface area contributed by atoms with Crippen molar-refractivity contribution in [2.45, 2.75) is 36.5 Å². The van der Waals surface area contributed by atoms with Gasteiger partial charge in [-0.15, -0.1) is 0 Å². The Morgan fingerprint density at radius 2 is 2.30 bits per heavy atom. The maximum atomic E-state index is 12.4. The number of nitrogens with zero attached hydrogens (tertiary/aromatic N) is 4. The van der Waals surface area contributed by atoms with Gasteiger partial charge in [0.25, 0.3) is 11.4 Å². The molecule has 0 bridgehead atoms. The van der Waals surface area contributed by atoms with Crippen LogP contribution in [0.5, 0.6) is 0 Å². The van der Waals surface area contributed by atoms with E-state index in [1.54, 1.807) is 16.3 Å². The Labute approximate surface area is 118 Å². The van der Waals surface area contributed by atoms with E-state index in [1.165, 1.54) is 6.20 Å². The van der Waals surface area contributed by atoms with Crippen molar-refractivity contribution in [2.75, 3.05) is 5.75 Å². The lowest BCUT2D eigenvalue weighted by atomic mass is 9.77. The molecule has 3 heterocycles. The molecule has 20 heavy (non-hydrogen) atoms. The Kier molecular flexibility index (Phi) is 2.52. The van der Waals surface area contributed by atoms with Crippen LogP contribution in [0.15, 0.2) is 20.7 Å². The van der Waals surface area contributed by atoms with E-state index in [9.17, 15) is 4.79 Å². The first-order valence-corrected chi connectivity index (χ1v) is 7.52. The first-order valence-electron chi connectivity index (χ1n) is 6.53. The molecule has 4 rings (SSSR count). The van der Waals surface area contributed by atoms with Crippen LogP contribution in [-0.2, 0) is 12.1 Å². The van der Waals surface area contributed by atoms with Gasteiger partial charge >= 0.3 is 0 Å². The summed E-state index contributed by atoms with van der Waals surface area (Å²) in [5.41, 5.74) is 5.88. The summed E-state index contributed by atoms with van der Waals surface area (Å²) in [4.78, 5) is 20.9. The standard InChI is InChI=1S/C12H13N5O2S/c13-12(2-1-3-12)10-15-8(19-16-10)7-6-14-11-17(9(7)18)4-5-20-11/h6H,1-5,13H2. The molecule has 2 aromatic rings. The van der Waals surface area contributed by atoms with Crippen LogP contribution in [0.3, 0.4) is 0 Å². The Morgan fingerprint density at radius 1 is 1.45 bits per heavy atom. The highest BCUT2D eigenvalue weighted by Crippen LogP contribution is 2.37. The fraction of sp³-hybridized carbons (Fsp3) is 0.500. The van der Waals surface area contributed by atoms with E-state index >= 15 is 0 Å². The zero-order valence-corrected chi connectivity index (χ0v) is 11.5. The van der Waals surface area contributed by atoms with E-state index in [0.717, 1.165) is 30.2 Å². The van der Waals surface area contributed by atoms with Crippen LogP contribution in [0.1, 0.15) is 25.1 Å². The smallest absolute Gasteiger partial charge is 0.267 e. The van der Waals surface area contributed by atoms with Gasteiger partial charge in [0.15, 0.2) is 11.0 Å². The number of aromatic nitrogens is 4. The van der Waals surface area contributed by atoms with Crippen LogP contribution in [-0.4, -0.2) is 25.4 Å². The van der Waals surface area contributed by atoms with Crippen molar-refractivity contribution in [1.29, 1.82) is 0 Å². The molecule has 8 heteroatoms. The highest BCUT2D eigenvalue weighted by molar-refractivity contribution is 7.99. The van der Waals surface area contributed by atoms with Crippen LogP contribution < -0.4 is 11.3 Å². The van der Waals surface area contributed by atoms with Crippen LogP contribution in [0, 0.1) is 0 Å². The molecule has 2 aliphatic rings. The maximum Gasteiger partial charge on any atom is 0.267 e. The van der Waals surface area contributed by atoms with Crippen molar-refractivity contribution in [3.8, 4) is 11.5 Å². The highest BCUT2D eigenvalue weighted by atomic mass is 32.2. The number of fused-ring (bicyclic) bond motifs is 1. The molecule has 0 spiro atoms. The summed E-state index contributed by atoms with van der Waals surface area (Å²) in [6.07, 6.45) is 4.28. The molecule has 1 saturated carbocycles. The van der Waals surface area contributed by atoms with Crippen molar-refractivity contribution < 1.29 is 4.52 Å². The molecule has 0 atom stereocenters. The molecular weight excluding hydrogens is 278 g/mol. The van der Waals surface area contributed by atoms with Crippen molar-refractivity contribution in [3.63, 3.8) is 0 Å². The van der Waals surface area contributed by atoms with Crippen LogP contribution >= 0.6 is 11.8 Å². The van der Waals surface area contributed by atoms with Gasteiger partial charge in [-0.1, -0.05) is 16.9 Å². The summed E-state index contributed by atoms with van der Waals surface area (Å²) >= 11 is 1.57. The SMILES string of the molecule is NC1(c2noc(-c3cnc4n(c3=O)CCS4)n2)CCC1. The fourth-order valence-corrected chi connectivity index (χ4v) is 3.39. The zero-order chi connectivity index (χ0) is 13.7. The predicted molar refractivity (Wildman–Crippen MR) is 72.2 cm³/mol. The minimum Gasteiger partial charge on any atom is -0.334 e. The second kappa shape index (κ2) is 4.16. The lowest BCUT2D eigenvalue weighted by Gasteiger charge is -2.34. The summed E-state index contributed by atoms with van der Waals surface area (Å²) in [7, 11) is 0. The van der Waals surface area contributed by atoms with E-state index in [4.69, 9.17) is 10.3 Å². The lowest BCUT2D eigenvalue weighted by Crippen LogP contribution is -2.44. The van der Waals surface area contributed by atoms with Gasteiger partial charge in [-0.25, -0.2) is 4.98 Å². The van der Waals surface area contributed by atoms with Gasteiger partial charge in [0.1, 0.15) is 5.56 Å². The van der Waals surface area contributed by atoms with Gasteiger partial charge < -0.3 is 10.3 Å². The second-order valence-corrected chi connectivity index (χ2v) is 6.25. The van der Waals surface area contributed by atoms with Gasteiger partial charge in [0, 0.05) is 18.5 Å². The Hall–Kier alpha value is -1.67. The Bertz CT molecular complexity index is 734. The summed E-state index contributed by atoms with van der Waals surface area (Å²) in [6, 6.07) is 0. The Morgan fingerprint density at radius 3 is 3.05 bits per heavy atom. The number of thioether (sulfide) groups is 1. The largest absolute Gasteiger partial charge is 0.334 e. The molecule has 7 nitrogen and oxygen atoms in total. The van der Waals surface area contributed by atoms with Crippen molar-refractivity contribution in [3.05, 3.63) is 22.4 Å². The van der Waals surface area contributed by atoms with Gasteiger partial charge in [0.05, 0.1) is 5.54 Å². The number of hydrogen-bond donors (Lipinski definition) is 1. The first kappa shape index (κ1) is 12.1.